The van der Waals surface area contributed by atoms with E-state index in [1.807, 2.05) is 31.2 Å². The second-order valence-corrected chi connectivity index (χ2v) is 8.64. The van der Waals surface area contributed by atoms with Crippen molar-refractivity contribution in [3.8, 4) is 22.8 Å². The third-order valence-corrected chi connectivity index (χ3v) is 6.07. The van der Waals surface area contributed by atoms with Gasteiger partial charge >= 0.3 is 0 Å². The molecule has 1 N–H and O–H groups in total. The zero-order valence-electron chi connectivity index (χ0n) is 20.4. The van der Waals surface area contributed by atoms with Crippen molar-refractivity contribution >= 4 is 11.8 Å². The maximum absolute atomic E-state index is 13.6. The molecule has 1 aromatic carbocycles. The van der Waals surface area contributed by atoms with Crippen molar-refractivity contribution in [3.63, 3.8) is 0 Å². The van der Waals surface area contributed by atoms with Gasteiger partial charge in [-0.1, -0.05) is 19.1 Å². The fourth-order valence-corrected chi connectivity index (χ4v) is 3.89. The minimum Gasteiger partial charge on any atom is -0.497 e. The number of likely N-dealkylation sites (N-methyl/N-ethyl adjacent to an activating group) is 1. The first-order chi connectivity index (χ1) is 16.3. The van der Waals surface area contributed by atoms with Gasteiger partial charge in [-0.3, -0.25) is 9.59 Å². The highest BCUT2D eigenvalue weighted by Gasteiger charge is 2.34. The van der Waals surface area contributed by atoms with Crippen LogP contribution in [0.2, 0.25) is 0 Å². The van der Waals surface area contributed by atoms with E-state index in [4.69, 9.17) is 14.2 Å². The Balaban J connectivity index is 2.01. The molecule has 0 radical (unpaired) electrons. The normalized spacial score (nSPS) is 18.9. The largest absolute Gasteiger partial charge is 0.497 e. The van der Waals surface area contributed by atoms with Gasteiger partial charge < -0.3 is 29.1 Å². The van der Waals surface area contributed by atoms with Gasteiger partial charge in [0.2, 0.25) is 11.8 Å². The van der Waals surface area contributed by atoms with Crippen LogP contribution in [0.4, 0.5) is 0 Å². The Labute approximate surface area is 200 Å². The Kier molecular flexibility index (Phi) is 8.46. The number of benzene rings is 1. The Morgan fingerprint density at radius 3 is 2.76 bits per heavy atom. The number of aliphatic hydroxyl groups is 1. The van der Waals surface area contributed by atoms with Crippen molar-refractivity contribution in [1.29, 1.82) is 0 Å². The second-order valence-electron chi connectivity index (χ2n) is 8.64. The van der Waals surface area contributed by atoms with Crippen molar-refractivity contribution in [1.82, 2.24) is 14.8 Å². The molecule has 1 aliphatic heterocycles. The van der Waals surface area contributed by atoms with Gasteiger partial charge in [0.1, 0.15) is 24.0 Å². The molecule has 9 nitrogen and oxygen atoms in total. The minimum atomic E-state index is -0.416. The second kappa shape index (κ2) is 11.3. The third kappa shape index (κ3) is 5.66. The first kappa shape index (κ1) is 25.5. The summed E-state index contributed by atoms with van der Waals surface area (Å²) in [5, 5.41) is 9.81. The predicted molar refractivity (Wildman–Crippen MR) is 127 cm³/mol. The smallest absolute Gasteiger partial charge is 0.259 e. The molecular weight excluding hydrogens is 438 g/mol. The number of nitrogens with zero attached hydrogens (tertiary/aromatic N) is 3. The number of pyridine rings is 1. The molecule has 184 valence electrons. The van der Waals surface area contributed by atoms with E-state index in [2.05, 4.69) is 4.98 Å². The number of hydrogen-bond donors (Lipinski definition) is 1. The summed E-state index contributed by atoms with van der Waals surface area (Å²) in [4.78, 5) is 33.5. The Morgan fingerprint density at radius 2 is 2.09 bits per heavy atom. The van der Waals surface area contributed by atoms with Gasteiger partial charge in [-0.05, 0) is 30.7 Å². The first-order valence-electron chi connectivity index (χ1n) is 11.2. The highest BCUT2D eigenvalue weighted by Crippen LogP contribution is 2.31. The van der Waals surface area contributed by atoms with E-state index < -0.39 is 12.1 Å². The summed E-state index contributed by atoms with van der Waals surface area (Å²) >= 11 is 0. The maximum Gasteiger partial charge on any atom is 0.259 e. The van der Waals surface area contributed by atoms with Gasteiger partial charge in [0, 0.05) is 38.4 Å². The fraction of sp³-hybridized carbons (Fsp3) is 0.480. The van der Waals surface area contributed by atoms with Crippen molar-refractivity contribution in [2.45, 2.75) is 26.0 Å². The van der Waals surface area contributed by atoms with Crippen molar-refractivity contribution in [2.75, 3.05) is 47.6 Å². The van der Waals surface area contributed by atoms with Crippen molar-refractivity contribution in [2.24, 2.45) is 5.92 Å². The molecule has 0 bridgehead atoms. The molecule has 0 spiro atoms. The lowest BCUT2D eigenvalue weighted by molar-refractivity contribution is -0.135. The van der Waals surface area contributed by atoms with E-state index in [0.717, 1.165) is 11.1 Å². The van der Waals surface area contributed by atoms with E-state index in [9.17, 15) is 14.7 Å². The molecule has 0 unspecified atom stereocenters. The molecule has 0 saturated carbocycles. The molecule has 0 fully saturated rings. The number of hydrogen-bond acceptors (Lipinski definition) is 7. The topological polar surface area (TPSA) is 101 Å². The summed E-state index contributed by atoms with van der Waals surface area (Å²) in [5.74, 6) is 0.348. The number of aliphatic hydroxyl groups excluding tert-OH is 1. The maximum atomic E-state index is 13.6. The minimum absolute atomic E-state index is 0.0253. The van der Waals surface area contributed by atoms with Crippen LogP contribution in [-0.4, -0.2) is 91.4 Å². The number of methoxy groups -OCH3 is 2. The van der Waals surface area contributed by atoms with Crippen LogP contribution >= 0.6 is 0 Å². The van der Waals surface area contributed by atoms with Gasteiger partial charge in [0.15, 0.2) is 0 Å². The summed E-state index contributed by atoms with van der Waals surface area (Å²) in [6.07, 6.45) is 1.24. The van der Waals surface area contributed by atoms with Crippen LogP contribution in [0, 0.1) is 5.92 Å². The highest BCUT2D eigenvalue weighted by molar-refractivity contribution is 5.98. The molecule has 34 heavy (non-hydrogen) atoms. The lowest BCUT2D eigenvalue weighted by Crippen LogP contribution is -2.50. The highest BCUT2D eigenvalue weighted by atomic mass is 16.5. The fourth-order valence-electron chi connectivity index (χ4n) is 3.89. The molecule has 1 aromatic heterocycles. The van der Waals surface area contributed by atoms with Crippen LogP contribution in [-0.2, 0) is 9.53 Å². The first-order valence-corrected chi connectivity index (χ1v) is 11.2. The van der Waals surface area contributed by atoms with E-state index in [0.29, 0.717) is 24.4 Å². The Bertz CT molecular complexity index is 1010. The molecule has 3 atom stereocenters. The van der Waals surface area contributed by atoms with Crippen LogP contribution in [0.25, 0.3) is 11.1 Å². The molecule has 2 amide bonds. The quantitative estimate of drug-likeness (QED) is 0.629. The van der Waals surface area contributed by atoms with Gasteiger partial charge in [-0.25, -0.2) is 4.98 Å². The van der Waals surface area contributed by atoms with Gasteiger partial charge in [-0.2, -0.15) is 0 Å². The number of carbonyl (C=O) groups excluding carboxylic acids is 2. The molecule has 1 aliphatic rings. The average molecular weight is 472 g/mol. The van der Waals surface area contributed by atoms with Gasteiger partial charge in [0.05, 0.1) is 26.3 Å². The van der Waals surface area contributed by atoms with Crippen LogP contribution in [0.5, 0.6) is 11.6 Å². The SMILES string of the molecule is COCC(=O)N(C)C[C@H]1Oc2ncc(-c3cccc(OC)c3)cc2C(=O)N([C@H](C)CO)C[C@@H]1C. The Morgan fingerprint density at radius 1 is 1.32 bits per heavy atom. The number of rotatable bonds is 8. The van der Waals surface area contributed by atoms with Crippen molar-refractivity contribution in [3.05, 3.63) is 42.1 Å². The van der Waals surface area contributed by atoms with Gasteiger partial charge in [-0.15, -0.1) is 0 Å². The molecule has 2 heterocycles. The zero-order chi connectivity index (χ0) is 24.8. The summed E-state index contributed by atoms with van der Waals surface area (Å²) in [5.41, 5.74) is 1.90. The lowest BCUT2D eigenvalue weighted by Gasteiger charge is -2.37. The zero-order valence-corrected chi connectivity index (χ0v) is 20.4. The molecule has 0 aliphatic carbocycles. The Hall–Kier alpha value is -3.17. The van der Waals surface area contributed by atoms with Crippen LogP contribution < -0.4 is 9.47 Å². The van der Waals surface area contributed by atoms with E-state index >= 15 is 0 Å². The average Bonchev–Trinajstić information content (AvgIpc) is 2.85. The van der Waals surface area contributed by atoms with E-state index in [1.165, 1.54) is 7.11 Å². The van der Waals surface area contributed by atoms with E-state index in [-0.39, 0.29) is 36.8 Å². The summed E-state index contributed by atoms with van der Waals surface area (Å²) in [7, 11) is 4.76. The van der Waals surface area contributed by atoms with Crippen LogP contribution in [0.3, 0.4) is 0 Å². The summed E-state index contributed by atoms with van der Waals surface area (Å²) in [6, 6.07) is 8.85. The lowest BCUT2D eigenvalue weighted by atomic mass is 9.99. The standard InChI is InChI=1S/C25H33N3O6/c1-16-12-28(17(2)14-29)25(31)21-10-19(18-7-6-8-20(9-18)33-5)11-26-24(21)34-22(16)13-27(3)23(30)15-32-4/h6-11,16-17,22,29H,12-15H2,1-5H3/t16-,17+,22+/m0/s1. The number of aromatic nitrogens is 1. The third-order valence-electron chi connectivity index (χ3n) is 6.07. The van der Waals surface area contributed by atoms with E-state index in [1.54, 1.807) is 43.1 Å². The molecular formula is C25H33N3O6. The number of ether oxygens (including phenoxy) is 3. The number of fused-ring (bicyclic) bond motifs is 1. The molecule has 2 aromatic rings. The molecule has 9 heteroatoms. The summed E-state index contributed by atoms with van der Waals surface area (Å²) < 4.78 is 16.5. The summed E-state index contributed by atoms with van der Waals surface area (Å²) in [6.45, 7) is 4.23. The number of carbonyl (C=O) groups is 2. The molecule has 3 rings (SSSR count). The molecule has 0 saturated heterocycles. The monoisotopic (exact) mass is 471 g/mol. The number of amides is 2. The van der Waals surface area contributed by atoms with Crippen LogP contribution in [0.1, 0.15) is 24.2 Å². The van der Waals surface area contributed by atoms with Crippen LogP contribution in [0.15, 0.2) is 36.5 Å². The predicted octanol–water partition coefficient (Wildman–Crippen LogP) is 2.08. The van der Waals surface area contributed by atoms with Crippen molar-refractivity contribution < 1.29 is 28.9 Å². The van der Waals surface area contributed by atoms with Gasteiger partial charge in [0.25, 0.3) is 5.91 Å².